The molecule has 1 aromatic heterocycles. The number of hydrogen-bond acceptors (Lipinski definition) is 5. The molecular weight excluding hydrogens is 389 g/mol. The molecule has 0 aliphatic carbocycles. The lowest BCUT2D eigenvalue weighted by Gasteiger charge is -2.15. The lowest BCUT2D eigenvalue weighted by atomic mass is 10.1. The third-order valence-corrected chi connectivity index (χ3v) is 3.90. The number of benzene rings is 2. The van der Waals surface area contributed by atoms with Crippen LogP contribution < -0.4 is 15.6 Å². The number of hydrogen-bond donors (Lipinski definition) is 2. The van der Waals surface area contributed by atoms with Gasteiger partial charge in [-0.05, 0) is 31.2 Å². The van der Waals surface area contributed by atoms with E-state index in [1.807, 2.05) is 0 Å². The van der Waals surface area contributed by atoms with E-state index < -0.39 is 23.7 Å². The predicted octanol–water partition coefficient (Wildman–Crippen LogP) is 3.36. The number of amides is 2. The normalized spacial score (nSPS) is 11.5. The molecule has 7 nitrogen and oxygen atoms in total. The third kappa shape index (κ3) is 4.66. The van der Waals surface area contributed by atoms with Crippen LogP contribution in [-0.4, -0.2) is 23.1 Å². The molecule has 28 heavy (non-hydrogen) atoms. The molecule has 0 radical (unpaired) electrons. The molecular formula is C19H15ClFN3O4. The fourth-order valence-electron chi connectivity index (χ4n) is 2.23. The van der Waals surface area contributed by atoms with Gasteiger partial charge in [0.1, 0.15) is 0 Å². The van der Waals surface area contributed by atoms with Crippen LogP contribution in [0.1, 0.15) is 17.4 Å². The third-order valence-electron chi connectivity index (χ3n) is 3.66. The van der Waals surface area contributed by atoms with E-state index in [1.165, 1.54) is 31.2 Å². The maximum absolute atomic E-state index is 13.6. The van der Waals surface area contributed by atoms with Crippen molar-refractivity contribution in [2.24, 2.45) is 0 Å². The summed E-state index contributed by atoms with van der Waals surface area (Å²) in [6.07, 6.45) is -1.04. The van der Waals surface area contributed by atoms with Gasteiger partial charge in [0.05, 0.1) is 0 Å². The second-order valence-corrected chi connectivity index (χ2v) is 6.16. The van der Waals surface area contributed by atoms with Crippen LogP contribution in [0.2, 0.25) is 5.02 Å². The molecule has 1 heterocycles. The van der Waals surface area contributed by atoms with Crippen LogP contribution in [0, 0.1) is 5.82 Å². The van der Waals surface area contributed by atoms with Crippen LogP contribution in [0.5, 0.6) is 5.75 Å². The van der Waals surface area contributed by atoms with Crippen LogP contribution in [0.15, 0.2) is 59.1 Å². The first-order valence-corrected chi connectivity index (χ1v) is 8.56. The zero-order valence-electron chi connectivity index (χ0n) is 14.6. The van der Waals surface area contributed by atoms with Crippen molar-refractivity contribution in [2.45, 2.75) is 13.0 Å². The highest BCUT2D eigenvalue weighted by molar-refractivity contribution is 6.30. The number of carbonyl (C=O) groups excluding carboxylic acids is 2. The van der Waals surface area contributed by atoms with Gasteiger partial charge in [-0.15, -0.1) is 0 Å². The maximum Gasteiger partial charge on any atom is 0.291 e. The van der Waals surface area contributed by atoms with Crippen molar-refractivity contribution in [3.8, 4) is 17.1 Å². The van der Waals surface area contributed by atoms with Crippen molar-refractivity contribution in [2.75, 3.05) is 0 Å². The Morgan fingerprint density at radius 3 is 2.68 bits per heavy atom. The van der Waals surface area contributed by atoms with Crippen molar-refractivity contribution >= 4 is 23.4 Å². The van der Waals surface area contributed by atoms with Crippen molar-refractivity contribution in [1.82, 2.24) is 16.0 Å². The van der Waals surface area contributed by atoms with Gasteiger partial charge < -0.3 is 9.26 Å². The summed E-state index contributed by atoms with van der Waals surface area (Å²) in [7, 11) is 0. The Hall–Kier alpha value is -3.39. The zero-order chi connectivity index (χ0) is 20.1. The second-order valence-electron chi connectivity index (χ2n) is 5.72. The first-order chi connectivity index (χ1) is 13.4. The second kappa shape index (κ2) is 8.53. The van der Waals surface area contributed by atoms with Gasteiger partial charge in [0.2, 0.25) is 0 Å². The number of ether oxygens (including phenoxy) is 1. The molecule has 144 valence electrons. The Kier molecular flexibility index (Phi) is 5.90. The van der Waals surface area contributed by atoms with Gasteiger partial charge >= 0.3 is 0 Å². The number of nitrogens with zero attached hydrogens (tertiary/aromatic N) is 1. The number of carbonyl (C=O) groups is 2. The van der Waals surface area contributed by atoms with Crippen LogP contribution >= 0.6 is 11.6 Å². The Labute approximate surface area is 164 Å². The molecule has 2 amide bonds. The lowest BCUT2D eigenvalue weighted by molar-refractivity contribution is -0.128. The molecule has 3 aromatic rings. The van der Waals surface area contributed by atoms with E-state index >= 15 is 0 Å². The van der Waals surface area contributed by atoms with Crippen LogP contribution in [0.4, 0.5) is 4.39 Å². The van der Waals surface area contributed by atoms with Crippen molar-refractivity contribution in [1.29, 1.82) is 0 Å². The first-order valence-electron chi connectivity index (χ1n) is 8.18. The largest absolute Gasteiger partial charge is 0.478 e. The molecule has 2 aromatic carbocycles. The number of aromatic nitrogens is 1. The highest BCUT2D eigenvalue weighted by atomic mass is 35.5. The number of nitrogens with one attached hydrogen (secondary N) is 2. The molecule has 1 atom stereocenters. The van der Waals surface area contributed by atoms with Gasteiger partial charge in [-0.25, -0.2) is 4.39 Å². The van der Waals surface area contributed by atoms with Crippen LogP contribution in [0.25, 0.3) is 11.3 Å². The molecule has 0 spiro atoms. The van der Waals surface area contributed by atoms with E-state index in [9.17, 15) is 14.0 Å². The topological polar surface area (TPSA) is 93.5 Å². The summed E-state index contributed by atoms with van der Waals surface area (Å²) in [6.45, 7) is 1.42. The minimum atomic E-state index is -1.04. The number of hydrazine groups is 1. The SMILES string of the molecule is CC(Oc1ccccc1F)C(=O)NNC(=O)c1cc(-c2cccc(Cl)c2)on1. The van der Waals surface area contributed by atoms with Gasteiger partial charge in [-0.3, -0.25) is 20.4 Å². The molecule has 0 saturated heterocycles. The Balaban J connectivity index is 1.56. The summed E-state index contributed by atoms with van der Waals surface area (Å²) in [4.78, 5) is 24.1. The monoisotopic (exact) mass is 403 g/mol. The molecule has 0 fully saturated rings. The Bertz CT molecular complexity index is 1010. The smallest absolute Gasteiger partial charge is 0.291 e. The van der Waals surface area contributed by atoms with Crippen LogP contribution in [-0.2, 0) is 4.79 Å². The van der Waals surface area contributed by atoms with Gasteiger partial charge in [0, 0.05) is 16.7 Å². The summed E-state index contributed by atoms with van der Waals surface area (Å²) in [6, 6.07) is 13.9. The number of halogens is 2. The van der Waals surface area contributed by atoms with Crippen molar-refractivity contribution in [3.05, 3.63) is 71.1 Å². The first kappa shape index (κ1) is 19.4. The lowest BCUT2D eigenvalue weighted by Crippen LogP contribution is -2.47. The molecule has 0 bridgehead atoms. The Morgan fingerprint density at radius 2 is 1.93 bits per heavy atom. The summed E-state index contributed by atoms with van der Waals surface area (Å²) < 4.78 is 23.9. The summed E-state index contributed by atoms with van der Waals surface area (Å²) >= 11 is 5.92. The minimum Gasteiger partial charge on any atom is -0.478 e. The van der Waals surface area contributed by atoms with Crippen LogP contribution in [0.3, 0.4) is 0 Å². The molecule has 0 aliphatic heterocycles. The molecule has 3 rings (SSSR count). The quantitative estimate of drug-likeness (QED) is 0.637. The van der Waals surface area contributed by atoms with Gasteiger partial charge in [0.25, 0.3) is 11.8 Å². The Morgan fingerprint density at radius 1 is 1.14 bits per heavy atom. The van der Waals surface area contributed by atoms with E-state index in [1.54, 1.807) is 30.3 Å². The van der Waals surface area contributed by atoms with Gasteiger partial charge in [-0.2, -0.15) is 0 Å². The molecule has 2 N–H and O–H groups in total. The molecule has 9 heteroatoms. The van der Waals surface area contributed by atoms with E-state index in [4.69, 9.17) is 20.9 Å². The number of para-hydroxylation sites is 1. The fourth-order valence-corrected chi connectivity index (χ4v) is 2.42. The minimum absolute atomic E-state index is 0.0436. The van der Waals surface area contributed by atoms with Gasteiger partial charge in [-0.1, -0.05) is 41.0 Å². The summed E-state index contributed by atoms with van der Waals surface area (Å²) in [5, 5.41) is 4.17. The van der Waals surface area contributed by atoms with E-state index in [-0.39, 0.29) is 11.4 Å². The molecule has 0 saturated carbocycles. The summed E-state index contributed by atoms with van der Waals surface area (Å²) in [5.74, 6) is -1.68. The van der Waals surface area contributed by atoms with E-state index in [2.05, 4.69) is 16.0 Å². The highest BCUT2D eigenvalue weighted by Crippen LogP contribution is 2.23. The van der Waals surface area contributed by atoms with E-state index in [0.29, 0.717) is 16.3 Å². The maximum atomic E-state index is 13.6. The molecule has 1 unspecified atom stereocenters. The van der Waals surface area contributed by atoms with Crippen molar-refractivity contribution < 1.29 is 23.2 Å². The highest BCUT2D eigenvalue weighted by Gasteiger charge is 2.19. The van der Waals surface area contributed by atoms with Gasteiger partial charge in [0.15, 0.2) is 29.1 Å². The zero-order valence-corrected chi connectivity index (χ0v) is 15.4. The number of rotatable bonds is 5. The standard InChI is InChI=1S/C19H15ClFN3O4/c1-11(27-16-8-3-2-7-14(16)21)18(25)22-23-19(26)15-10-17(28-24-15)12-5-4-6-13(20)9-12/h2-11H,1H3,(H,22,25)(H,23,26). The van der Waals surface area contributed by atoms with Crippen molar-refractivity contribution in [3.63, 3.8) is 0 Å². The fraction of sp³-hybridized carbons (Fsp3) is 0.105. The van der Waals surface area contributed by atoms with E-state index in [0.717, 1.165) is 0 Å². The summed E-state index contributed by atoms with van der Waals surface area (Å²) in [5.41, 5.74) is 4.99. The molecule has 0 aliphatic rings. The average Bonchev–Trinajstić information content (AvgIpc) is 3.18. The average molecular weight is 404 g/mol. The predicted molar refractivity (Wildman–Crippen MR) is 99.0 cm³/mol.